The lowest BCUT2D eigenvalue weighted by Crippen LogP contribution is -2.57. The van der Waals surface area contributed by atoms with Crippen LogP contribution in [0.5, 0.6) is 5.75 Å². The van der Waals surface area contributed by atoms with Crippen LogP contribution in [-0.4, -0.2) is 58.0 Å². The minimum atomic E-state index is 0.0680. The zero-order valence-corrected chi connectivity index (χ0v) is 15.3. The maximum Gasteiger partial charge on any atom is 0.227 e. The van der Waals surface area contributed by atoms with Gasteiger partial charge in [0.2, 0.25) is 5.91 Å². The van der Waals surface area contributed by atoms with Gasteiger partial charge >= 0.3 is 0 Å². The van der Waals surface area contributed by atoms with E-state index < -0.39 is 0 Å². The Morgan fingerprint density at radius 1 is 1.26 bits per heavy atom. The number of fused-ring (bicyclic) bond motifs is 2. The first-order valence-electron chi connectivity index (χ1n) is 8.93. The van der Waals surface area contributed by atoms with Gasteiger partial charge < -0.3 is 19.5 Å². The van der Waals surface area contributed by atoms with Gasteiger partial charge in [0, 0.05) is 30.9 Å². The Balaban J connectivity index is 1.35. The zero-order valence-electron chi connectivity index (χ0n) is 14.6. The monoisotopic (exact) mass is 383 g/mol. The number of halogens is 1. The van der Waals surface area contributed by atoms with E-state index in [1.807, 2.05) is 35.4 Å². The van der Waals surface area contributed by atoms with Gasteiger partial charge in [-0.25, -0.2) is 9.97 Å². The molecule has 1 aromatic carbocycles. The van der Waals surface area contributed by atoms with Crippen molar-refractivity contribution in [2.75, 3.05) is 31.1 Å². The van der Waals surface area contributed by atoms with Crippen molar-refractivity contribution in [1.82, 2.24) is 19.9 Å². The van der Waals surface area contributed by atoms with Gasteiger partial charge in [0.25, 0.3) is 0 Å². The smallest absolute Gasteiger partial charge is 0.227 e. The number of aromatic amines is 1. The number of carbonyl (C=O) groups is 1. The molecule has 1 fully saturated rings. The third-order valence-electron chi connectivity index (χ3n) is 5.22. The largest absolute Gasteiger partial charge is 0.489 e. The molecule has 2 aromatic heterocycles. The van der Waals surface area contributed by atoms with Gasteiger partial charge in [-0.05, 0) is 17.7 Å². The Morgan fingerprint density at radius 2 is 2.11 bits per heavy atom. The van der Waals surface area contributed by atoms with E-state index in [1.165, 1.54) is 0 Å². The van der Waals surface area contributed by atoms with Crippen LogP contribution in [0.1, 0.15) is 5.56 Å². The van der Waals surface area contributed by atoms with E-state index in [0.29, 0.717) is 31.1 Å². The van der Waals surface area contributed by atoms with Crippen LogP contribution in [0, 0.1) is 0 Å². The fourth-order valence-electron chi connectivity index (χ4n) is 3.83. The third-order valence-corrected chi connectivity index (χ3v) is 5.47. The summed E-state index contributed by atoms with van der Waals surface area (Å²) >= 11 is 5.92. The Bertz CT molecular complexity index is 1000. The number of nitrogens with zero attached hydrogens (tertiary/aromatic N) is 4. The second-order valence-corrected chi connectivity index (χ2v) is 7.31. The summed E-state index contributed by atoms with van der Waals surface area (Å²) in [5.41, 5.74) is 1.74. The standard InChI is InChI=1S/C19H18ClN5O2/c20-13-3-1-12(2-4-13)7-16(26)24-5-6-25-14(9-24)10-27-15-8-21-18-17(15)19(25)23-11-22-18/h1-4,8,11,14H,5-7,9-10H2,(H,21,22,23)/t14-/m0/s1. The van der Waals surface area contributed by atoms with Crippen LogP contribution < -0.4 is 9.64 Å². The van der Waals surface area contributed by atoms with E-state index in [2.05, 4.69) is 19.9 Å². The van der Waals surface area contributed by atoms with E-state index in [4.69, 9.17) is 16.3 Å². The van der Waals surface area contributed by atoms with E-state index >= 15 is 0 Å². The van der Waals surface area contributed by atoms with Crippen LogP contribution in [-0.2, 0) is 11.2 Å². The average molecular weight is 384 g/mol. The number of ether oxygens (including phenoxy) is 1. The Hall–Kier alpha value is -2.80. The summed E-state index contributed by atoms with van der Waals surface area (Å²) in [5.74, 6) is 1.77. The van der Waals surface area contributed by atoms with Gasteiger partial charge in [0.05, 0.1) is 12.5 Å². The molecule has 0 spiro atoms. The minimum Gasteiger partial charge on any atom is -0.489 e. The van der Waals surface area contributed by atoms with Crippen LogP contribution in [0.25, 0.3) is 11.0 Å². The molecule has 1 amide bonds. The molecule has 1 N–H and O–H groups in total. The highest BCUT2D eigenvalue weighted by Gasteiger charge is 2.34. The van der Waals surface area contributed by atoms with Crippen molar-refractivity contribution in [2.45, 2.75) is 12.5 Å². The highest BCUT2D eigenvalue weighted by Crippen LogP contribution is 2.36. The van der Waals surface area contributed by atoms with Crippen LogP contribution in [0.3, 0.4) is 0 Å². The van der Waals surface area contributed by atoms with Crippen molar-refractivity contribution in [3.8, 4) is 5.75 Å². The summed E-state index contributed by atoms with van der Waals surface area (Å²) in [5, 5.41) is 1.59. The molecule has 4 heterocycles. The van der Waals surface area contributed by atoms with Crippen molar-refractivity contribution in [3.63, 3.8) is 0 Å². The van der Waals surface area contributed by atoms with Gasteiger partial charge in [-0.15, -0.1) is 0 Å². The van der Waals surface area contributed by atoms with Crippen molar-refractivity contribution < 1.29 is 9.53 Å². The van der Waals surface area contributed by atoms with Gasteiger partial charge in [0.15, 0.2) is 0 Å². The zero-order chi connectivity index (χ0) is 18.4. The number of rotatable bonds is 2. The number of piperazine rings is 1. The second kappa shape index (κ2) is 6.42. The molecular formula is C19H18ClN5O2. The van der Waals surface area contributed by atoms with Crippen LogP contribution in [0.15, 0.2) is 36.8 Å². The molecule has 2 aliphatic rings. The van der Waals surface area contributed by atoms with Gasteiger partial charge in [-0.3, -0.25) is 4.79 Å². The van der Waals surface area contributed by atoms with Crippen molar-refractivity contribution >= 4 is 34.4 Å². The number of hydrogen-bond donors (Lipinski definition) is 1. The summed E-state index contributed by atoms with van der Waals surface area (Å²) in [6, 6.07) is 7.50. The van der Waals surface area contributed by atoms with E-state index in [-0.39, 0.29) is 11.9 Å². The quantitative estimate of drug-likeness (QED) is 0.734. The molecule has 0 radical (unpaired) electrons. The molecule has 0 unspecified atom stereocenters. The summed E-state index contributed by atoms with van der Waals surface area (Å²) < 4.78 is 5.98. The molecule has 5 rings (SSSR count). The predicted molar refractivity (Wildman–Crippen MR) is 102 cm³/mol. The van der Waals surface area contributed by atoms with E-state index in [0.717, 1.165) is 34.7 Å². The number of H-pyrrole nitrogens is 1. The Kier molecular flexibility index (Phi) is 3.89. The second-order valence-electron chi connectivity index (χ2n) is 6.88. The SMILES string of the molecule is O=C(Cc1ccc(Cl)cc1)N1CCN2c3ncnc4[nH]cc(c34)OC[C@@H]2C1. The number of anilines is 1. The molecule has 0 aliphatic carbocycles. The number of benzene rings is 1. The first-order valence-corrected chi connectivity index (χ1v) is 9.30. The maximum absolute atomic E-state index is 12.8. The number of carbonyl (C=O) groups excluding carboxylic acids is 1. The molecule has 1 atom stereocenters. The minimum absolute atomic E-state index is 0.0680. The van der Waals surface area contributed by atoms with Gasteiger partial charge in [-0.2, -0.15) is 0 Å². The Morgan fingerprint density at radius 3 is 2.96 bits per heavy atom. The molecular weight excluding hydrogens is 366 g/mol. The summed E-state index contributed by atoms with van der Waals surface area (Å²) in [6.07, 6.45) is 3.77. The fraction of sp³-hybridized carbons (Fsp3) is 0.316. The topological polar surface area (TPSA) is 74.4 Å². The summed E-state index contributed by atoms with van der Waals surface area (Å²) in [4.78, 5) is 28.8. The van der Waals surface area contributed by atoms with E-state index in [1.54, 1.807) is 6.33 Å². The lowest BCUT2D eigenvalue weighted by atomic mass is 10.1. The normalized spacial score (nSPS) is 18.8. The average Bonchev–Trinajstić information content (AvgIpc) is 3.03. The number of amides is 1. The number of aromatic nitrogens is 3. The predicted octanol–water partition coefficient (Wildman–Crippen LogP) is 2.26. The molecule has 3 aromatic rings. The molecule has 7 nitrogen and oxygen atoms in total. The highest BCUT2D eigenvalue weighted by atomic mass is 35.5. The lowest BCUT2D eigenvalue weighted by Gasteiger charge is -2.41. The Labute approximate surface area is 160 Å². The van der Waals surface area contributed by atoms with Crippen LogP contribution >= 0.6 is 11.6 Å². The summed E-state index contributed by atoms with van der Waals surface area (Å²) in [6.45, 7) is 2.51. The number of nitrogens with one attached hydrogen (secondary N) is 1. The molecule has 0 bridgehead atoms. The van der Waals surface area contributed by atoms with E-state index in [9.17, 15) is 4.79 Å². The molecule has 2 aliphatic heterocycles. The maximum atomic E-state index is 12.8. The third kappa shape index (κ3) is 2.88. The molecule has 8 heteroatoms. The first kappa shape index (κ1) is 16.4. The molecule has 1 saturated heterocycles. The van der Waals surface area contributed by atoms with Gasteiger partial charge in [-0.1, -0.05) is 23.7 Å². The van der Waals surface area contributed by atoms with Crippen LogP contribution in [0.4, 0.5) is 5.82 Å². The van der Waals surface area contributed by atoms with Crippen LogP contribution in [0.2, 0.25) is 5.02 Å². The van der Waals surface area contributed by atoms with Crippen molar-refractivity contribution in [1.29, 1.82) is 0 Å². The highest BCUT2D eigenvalue weighted by molar-refractivity contribution is 6.30. The number of hydrogen-bond acceptors (Lipinski definition) is 5. The summed E-state index contributed by atoms with van der Waals surface area (Å²) in [7, 11) is 0. The molecule has 138 valence electrons. The van der Waals surface area contributed by atoms with Crippen molar-refractivity contribution in [2.24, 2.45) is 0 Å². The molecule has 0 saturated carbocycles. The van der Waals surface area contributed by atoms with Gasteiger partial charge in [0.1, 0.15) is 35.5 Å². The lowest BCUT2D eigenvalue weighted by molar-refractivity contribution is -0.131. The first-order chi connectivity index (χ1) is 13.2. The molecule has 27 heavy (non-hydrogen) atoms. The van der Waals surface area contributed by atoms with Crippen molar-refractivity contribution in [3.05, 3.63) is 47.4 Å². The fourth-order valence-corrected chi connectivity index (χ4v) is 3.95.